The first-order valence-electron chi connectivity index (χ1n) is 8.75. The molecule has 4 heterocycles. The predicted octanol–water partition coefficient (Wildman–Crippen LogP) is 1.17. The number of esters is 2. The van der Waals surface area contributed by atoms with Crippen molar-refractivity contribution in [3.05, 3.63) is 36.0 Å². The molecule has 5 rings (SSSR count). The lowest BCUT2D eigenvalue weighted by molar-refractivity contribution is -0.163. The summed E-state index contributed by atoms with van der Waals surface area (Å²) < 4.78 is 22.5. The minimum atomic E-state index is -1.13. The number of hydrogen-bond acceptors (Lipinski definition) is 7. The Morgan fingerprint density at radius 1 is 1.46 bits per heavy atom. The van der Waals surface area contributed by atoms with Gasteiger partial charge in [0.1, 0.15) is 17.8 Å². The van der Waals surface area contributed by atoms with Crippen molar-refractivity contribution in [1.82, 2.24) is 0 Å². The second-order valence-corrected chi connectivity index (χ2v) is 7.44. The Morgan fingerprint density at radius 3 is 2.96 bits per heavy atom. The third-order valence-electron chi connectivity index (χ3n) is 5.61. The SMILES string of the molecule is C=C(C)C(=O)O[C@H]1C[C@@]23O[C@@H]2CC/C(=C/[C@H]2OC(=O)C(=C)[C@H]12)COC3O. The maximum Gasteiger partial charge on any atom is 0.334 e. The Hall–Kier alpha value is -1.96. The molecule has 7 nitrogen and oxygen atoms in total. The van der Waals surface area contributed by atoms with Crippen molar-refractivity contribution in [1.29, 1.82) is 0 Å². The van der Waals surface area contributed by atoms with E-state index < -0.39 is 42.0 Å². The fourth-order valence-electron chi connectivity index (χ4n) is 4.09. The number of carbonyl (C=O) groups excluding carboxylic acids is 2. The molecule has 1 spiro atoms. The zero-order valence-electron chi connectivity index (χ0n) is 14.6. The molecule has 5 aliphatic rings. The molecule has 0 saturated carbocycles. The molecule has 1 N–H and O–H groups in total. The van der Waals surface area contributed by atoms with Crippen LogP contribution < -0.4 is 0 Å². The number of epoxide rings is 1. The minimum Gasteiger partial charge on any atom is -0.458 e. The van der Waals surface area contributed by atoms with E-state index in [4.69, 9.17) is 18.9 Å². The van der Waals surface area contributed by atoms with Gasteiger partial charge < -0.3 is 24.1 Å². The second-order valence-electron chi connectivity index (χ2n) is 7.44. The van der Waals surface area contributed by atoms with Gasteiger partial charge in [0.15, 0.2) is 6.29 Å². The Balaban J connectivity index is 1.76. The standard InChI is InChI=1S/C19H22O7/c1-9(2)16(20)25-13-7-19-14(26-19)5-4-11(8-23-18(19)22)6-12-15(13)10(3)17(21)24-12/h6,12-15,18,22H,1,3-5,7-8H2,2H3/b11-6-/t12-,13+,14-,15+,18?,19-/m1/s1. The van der Waals surface area contributed by atoms with Gasteiger partial charge in [-0.05, 0) is 31.4 Å². The van der Waals surface area contributed by atoms with Gasteiger partial charge in [0.2, 0.25) is 0 Å². The maximum absolute atomic E-state index is 12.2. The molecule has 1 aliphatic carbocycles. The van der Waals surface area contributed by atoms with Crippen molar-refractivity contribution in [2.45, 2.75) is 56.4 Å². The lowest BCUT2D eigenvalue weighted by Crippen LogP contribution is -2.45. The van der Waals surface area contributed by atoms with Crippen molar-refractivity contribution in [2.75, 3.05) is 6.61 Å². The normalized spacial score (nSPS) is 43.3. The van der Waals surface area contributed by atoms with Gasteiger partial charge in [0.05, 0.1) is 18.6 Å². The van der Waals surface area contributed by atoms with Crippen LogP contribution >= 0.6 is 0 Å². The fraction of sp³-hybridized carbons (Fsp3) is 0.579. The highest BCUT2D eigenvalue weighted by molar-refractivity contribution is 5.91. The first-order chi connectivity index (χ1) is 12.3. The third kappa shape index (κ3) is 2.71. The van der Waals surface area contributed by atoms with Crippen molar-refractivity contribution in [3.8, 4) is 0 Å². The molecular weight excluding hydrogens is 340 g/mol. The van der Waals surface area contributed by atoms with Gasteiger partial charge in [-0.15, -0.1) is 0 Å². The molecule has 7 heteroatoms. The Kier molecular flexibility index (Phi) is 4.06. The van der Waals surface area contributed by atoms with E-state index in [-0.39, 0.29) is 30.3 Å². The number of aliphatic hydroxyl groups is 1. The van der Waals surface area contributed by atoms with Crippen LogP contribution in [0.3, 0.4) is 0 Å². The van der Waals surface area contributed by atoms with E-state index in [9.17, 15) is 14.7 Å². The second kappa shape index (κ2) is 6.04. The first-order valence-corrected chi connectivity index (χ1v) is 8.75. The van der Waals surface area contributed by atoms with Crippen LogP contribution in [0.25, 0.3) is 0 Å². The van der Waals surface area contributed by atoms with Crippen LogP contribution in [0, 0.1) is 5.92 Å². The van der Waals surface area contributed by atoms with Crippen LogP contribution in [0.4, 0.5) is 0 Å². The van der Waals surface area contributed by atoms with Crippen molar-refractivity contribution < 1.29 is 33.6 Å². The van der Waals surface area contributed by atoms with Crippen LogP contribution in [0.15, 0.2) is 36.0 Å². The van der Waals surface area contributed by atoms with Gasteiger partial charge in [0, 0.05) is 17.6 Å². The summed E-state index contributed by atoms with van der Waals surface area (Å²) in [5.41, 5.74) is 0.475. The highest BCUT2D eigenvalue weighted by Gasteiger charge is 2.65. The highest BCUT2D eigenvalue weighted by atomic mass is 16.7. The van der Waals surface area contributed by atoms with E-state index in [0.717, 1.165) is 18.4 Å². The monoisotopic (exact) mass is 362 g/mol. The minimum absolute atomic E-state index is 0.185. The Morgan fingerprint density at radius 2 is 2.23 bits per heavy atom. The van der Waals surface area contributed by atoms with E-state index in [2.05, 4.69) is 13.2 Å². The topological polar surface area (TPSA) is 94.6 Å². The van der Waals surface area contributed by atoms with Crippen molar-refractivity contribution >= 4 is 11.9 Å². The summed E-state index contributed by atoms with van der Waals surface area (Å²) in [5, 5.41) is 10.5. The summed E-state index contributed by atoms with van der Waals surface area (Å²) >= 11 is 0. The van der Waals surface area contributed by atoms with E-state index in [1.165, 1.54) is 0 Å². The molecule has 2 bridgehead atoms. The molecule has 1 unspecified atom stereocenters. The van der Waals surface area contributed by atoms with Gasteiger partial charge in [-0.3, -0.25) is 0 Å². The van der Waals surface area contributed by atoms with Crippen LogP contribution in [-0.4, -0.2) is 53.9 Å². The molecule has 26 heavy (non-hydrogen) atoms. The van der Waals surface area contributed by atoms with Crippen molar-refractivity contribution in [3.63, 3.8) is 0 Å². The Labute approximate surface area is 151 Å². The predicted molar refractivity (Wildman–Crippen MR) is 88.7 cm³/mol. The summed E-state index contributed by atoms with van der Waals surface area (Å²) in [7, 11) is 0. The van der Waals surface area contributed by atoms with Gasteiger partial charge in [-0.25, -0.2) is 9.59 Å². The van der Waals surface area contributed by atoms with E-state index >= 15 is 0 Å². The van der Waals surface area contributed by atoms with Crippen LogP contribution in [0.5, 0.6) is 0 Å². The summed E-state index contributed by atoms with van der Waals surface area (Å²) in [4.78, 5) is 24.3. The van der Waals surface area contributed by atoms with Crippen LogP contribution in [0.1, 0.15) is 26.2 Å². The van der Waals surface area contributed by atoms with Crippen LogP contribution in [0.2, 0.25) is 0 Å². The average Bonchev–Trinajstić information content (AvgIpc) is 3.20. The zero-order valence-corrected chi connectivity index (χ0v) is 14.6. The smallest absolute Gasteiger partial charge is 0.334 e. The Bertz CT molecular complexity index is 723. The zero-order chi connectivity index (χ0) is 18.6. The molecule has 0 amide bonds. The molecular formula is C19H22O7. The molecule has 6 atom stereocenters. The average molecular weight is 362 g/mol. The van der Waals surface area contributed by atoms with Crippen molar-refractivity contribution in [2.24, 2.45) is 5.92 Å². The number of ether oxygens (including phenoxy) is 4. The van der Waals surface area contributed by atoms with Gasteiger partial charge >= 0.3 is 11.9 Å². The third-order valence-corrected chi connectivity index (χ3v) is 5.61. The molecule has 3 fully saturated rings. The number of hydrogen-bond donors (Lipinski definition) is 1. The number of carbonyl (C=O) groups is 2. The van der Waals surface area contributed by atoms with E-state index in [1.54, 1.807) is 6.92 Å². The number of aliphatic hydroxyl groups excluding tert-OH is 1. The molecule has 140 valence electrons. The maximum atomic E-state index is 12.2. The summed E-state index contributed by atoms with van der Waals surface area (Å²) in [6, 6.07) is 0. The number of rotatable bonds is 2. The summed E-state index contributed by atoms with van der Waals surface area (Å²) in [5.74, 6) is -1.61. The van der Waals surface area contributed by atoms with E-state index in [1.807, 2.05) is 6.08 Å². The lowest BCUT2D eigenvalue weighted by atomic mass is 9.81. The first kappa shape index (κ1) is 17.5. The van der Waals surface area contributed by atoms with E-state index in [0.29, 0.717) is 0 Å². The van der Waals surface area contributed by atoms with Gasteiger partial charge in [-0.2, -0.15) is 0 Å². The largest absolute Gasteiger partial charge is 0.458 e. The van der Waals surface area contributed by atoms with Crippen LogP contribution in [-0.2, 0) is 28.5 Å². The molecule has 3 saturated heterocycles. The lowest BCUT2D eigenvalue weighted by Gasteiger charge is -2.33. The summed E-state index contributed by atoms with van der Waals surface area (Å²) in [6.07, 6.45) is 0.815. The van der Waals surface area contributed by atoms with Gasteiger partial charge in [0.25, 0.3) is 0 Å². The molecule has 4 aliphatic heterocycles. The molecule has 0 radical (unpaired) electrons. The molecule has 0 aromatic heterocycles. The summed E-state index contributed by atoms with van der Waals surface area (Å²) in [6.45, 7) is 9.24. The highest BCUT2D eigenvalue weighted by Crippen LogP contribution is 2.51. The van der Waals surface area contributed by atoms with Gasteiger partial charge in [-0.1, -0.05) is 13.2 Å². The molecule has 0 aromatic carbocycles. The number of fused-ring (bicyclic) bond motifs is 4. The quantitative estimate of drug-likeness (QED) is 0.341. The molecule has 0 aromatic rings. The fourth-order valence-corrected chi connectivity index (χ4v) is 4.09.